The SMILES string of the molecule is COc1ccc(OC)c(C(O)CNC(=O)CC2CC3CCC(C2)N3)c1. The number of amides is 1. The fourth-order valence-corrected chi connectivity index (χ4v) is 4.10. The third-order valence-corrected chi connectivity index (χ3v) is 5.33. The number of carbonyl (C=O) groups excluding carboxylic acids is 1. The van der Waals surface area contributed by atoms with Crippen LogP contribution in [0.15, 0.2) is 18.2 Å². The molecule has 2 heterocycles. The fraction of sp³-hybridized carbons (Fsp3) is 0.632. The summed E-state index contributed by atoms with van der Waals surface area (Å²) in [7, 11) is 3.13. The van der Waals surface area contributed by atoms with Crippen LogP contribution in [0.3, 0.4) is 0 Å². The number of benzene rings is 1. The number of piperidine rings is 1. The molecule has 3 atom stereocenters. The average Bonchev–Trinajstić information content (AvgIpc) is 2.97. The molecule has 6 nitrogen and oxygen atoms in total. The van der Waals surface area contributed by atoms with E-state index in [1.807, 2.05) is 0 Å². The second-order valence-corrected chi connectivity index (χ2v) is 7.11. The second-order valence-electron chi connectivity index (χ2n) is 7.11. The normalized spacial score (nSPS) is 26.1. The van der Waals surface area contributed by atoms with Crippen LogP contribution in [0.4, 0.5) is 0 Å². The highest BCUT2D eigenvalue weighted by molar-refractivity contribution is 5.76. The molecule has 1 aromatic carbocycles. The summed E-state index contributed by atoms with van der Waals surface area (Å²) in [4.78, 5) is 12.3. The van der Waals surface area contributed by atoms with Crippen molar-refractivity contribution in [3.05, 3.63) is 23.8 Å². The third kappa shape index (κ3) is 4.44. The van der Waals surface area contributed by atoms with E-state index in [0.717, 1.165) is 12.8 Å². The number of fused-ring (bicyclic) bond motifs is 2. The highest BCUT2D eigenvalue weighted by Gasteiger charge is 2.34. The molecule has 0 aromatic heterocycles. The van der Waals surface area contributed by atoms with Crippen molar-refractivity contribution >= 4 is 5.91 Å². The van der Waals surface area contributed by atoms with Crippen molar-refractivity contribution in [1.82, 2.24) is 10.6 Å². The molecule has 0 aliphatic carbocycles. The monoisotopic (exact) mass is 348 g/mol. The van der Waals surface area contributed by atoms with Crippen molar-refractivity contribution in [2.45, 2.75) is 50.3 Å². The molecule has 2 saturated heterocycles. The Morgan fingerprint density at radius 2 is 2.00 bits per heavy atom. The van der Waals surface area contributed by atoms with Crippen LogP contribution in [-0.4, -0.2) is 43.9 Å². The van der Waals surface area contributed by atoms with Crippen LogP contribution in [0.2, 0.25) is 0 Å². The average molecular weight is 348 g/mol. The van der Waals surface area contributed by atoms with Gasteiger partial charge in [-0.25, -0.2) is 0 Å². The summed E-state index contributed by atoms with van der Waals surface area (Å²) in [6.07, 6.45) is 4.33. The van der Waals surface area contributed by atoms with Crippen LogP contribution < -0.4 is 20.1 Å². The van der Waals surface area contributed by atoms with Crippen molar-refractivity contribution in [3.63, 3.8) is 0 Å². The zero-order valence-electron chi connectivity index (χ0n) is 15.0. The first kappa shape index (κ1) is 18.0. The minimum atomic E-state index is -0.835. The number of rotatable bonds is 7. The van der Waals surface area contributed by atoms with E-state index in [2.05, 4.69) is 10.6 Å². The maximum atomic E-state index is 12.3. The van der Waals surface area contributed by atoms with Crippen LogP contribution in [0.1, 0.15) is 43.8 Å². The molecule has 3 unspecified atom stereocenters. The van der Waals surface area contributed by atoms with Crippen LogP contribution in [0.5, 0.6) is 11.5 Å². The Labute approximate surface area is 148 Å². The van der Waals surface area contributed by atoms with Crippen molar-refractivity contribution in [3.8, 4) is 11.5 Å². The minimum Gasteiger partial charge on any atom is -0.497 e. The highest BCUT2D eigenvalue weighted by atomic mass is 16.5. The topological polar surface area (TPSA) is 79.8 Å². The number of carbonyl (C=O) groups is 1. The van der Waals surface area contributed by atoms with Gasteiger partial charge in [-0.15, -0.1) is 0 Å². The second kappa shape index (κ2) is 8.06. The fourth-order valence-electron chi connectivity index (χ4n) is 4.10. The molecule has 0 radical (unpaired) electrons. The van der Waals surface area contributed by atoms with E-state index in [0.29, 0.717) is 41.5 Å². The van der Waals surface area contributed by atoms with Gasteiger partial charge < -0.3 is 25.2 Å². The number of aliphatic hydroxyl groups excluding tert-OH is 1. The lowest BCUT2D eigenvalue weighted by molar-refractivity contribution is -0.122. The molecular formula is C19H28N2O4. The molecule has 2 aliphatic heterocycles. The molecule has 6 heteroatoms. The lowest BCUT2D eigenvalue weighted by Crippen LogP contribution is -2.40. The Kier molecular flexibility index (Phi) is 5.81. The van der Waals surface area contributed by atoms with Gasteiger partial charge in [0.05, 0.1) is 20.3 Å². The van der Waals surface area contributed by atoms with Gasteiger partial charge in [0.25, 0.3) is 0 Å². The smallest absolute Gasteiger partial charge is 0.220 e. The third-order valence-electron chi connectivity index (χ3n) is 5.33. The van der Waals surface area contributed by atoms with Crippen LogP contribution in [-0.2, 0) is 4.79 Å². The van der Waals surface area contributed by atoms with Crippen molar-refractivity contribution < 1.29 is 19.4 Å². The van der Waals surface area contributed by atoms with Gasteiger partial charge >= 0.3 is 0 Å². The first-order valence-electron chi connectivity index (χ1n) is 9.01. The lowest BCUT2D eigenvalue weighted by atomic mass is 9.89. The zero-order valence-corrected chi connectivity index (χ0v) is 15.0. The number of hydrogen-bond acceptors (Lipinski definition) is 5. The maximum Gasteiger partial charge on any atom is 0.220 e. The molecule has 25 heavy (non-hydrogen) atoms. The maximum absolute atomic E-state index is 12.3. The van der Waals surface area contributed by atoms with Crippen molar-refractivity contribution in [1.29, 1.82) is 0 Å². The number of nitrogens with one attached hydrogen (secondary N) is 2. The summed E-state index contributed by atoms with van der Waals surface area (Å²) in [5.41, 5.74) is 0.613. The number of hydrogen-bond donors (Lipinski definition) is 3. The van der Waals surface area contributed by atoms with E-state index in [9.17, 15) is 9.90 Å². The standard InChI is InChI=1S/C19H28N2O4/c1-24-15-5-6-18(25-2)16(10-15)17(22)11-20-19(23)9-12-7-13-3-4-14(8-12)21-13/h5-6,10,12-14,17,21-22H,3-4,7-9,11H2,1-2H3,(H,20,23). The summed E-state index contributed by atoms with van der Waals surface area (Å²) in [6, 6.07) is 6.44. The van der Waals surface area contributed by atoms with Gasteiger partial charge in [-0.1, -0.05) is 0 Å². The Hall–Kier alpha value is -1.79. The Bertz CT molecular complexity index is 595. The summed E-state index contributed by atoms with van der Waals surface area (Å²) in [5, 5.41) is 16.9. The Balaban J connectivity index is 1.51. The highest BCUT2D eigenvalue weighted by Crippen LogP contribution is 2.33. The number of aliphatic hydroxyl groups is 1. The molecule has 0 spiro atoms. The van der Waals surface area contributed by atoms with Gasteiger partial charge in [0.2, 0.25) is 5.91 Å². The summed E-state index contributed by atoms with van der Waals surface area (Å²) in [6.45, 7) is 0.167. The quantitative estimate of drug-likeness (QED) is 0.700. The van der Waals surface area contributed by atoms with E-state index in [1.165, 1.54) is 12.8 Å². The number of methoxy groups -OCH3 is 2. The van der Waals surface area contributed by atoms with Crippen LogP contribution in [0, 0.1) is 5.92 Å². The molecule has 3 rings (SSSR count). The van der Waals surface area contributed by atoms with E-state index in [4.69, 9.17) is 9.47 Å². The van der Waals surface area contributed by atoms with E-state index >= 15 is 0 Å². The lowest BCUT2D eigenvalue weighted by Gasteiger charge is -2.28. The molecule has 2 aliphatic rings. The van der Waals surface area contributed by atoms with Gasteiger partial charge in [-0.2, -0.15) is 0 Å². The van der Waals surface area contributed by atoms with Crippen molar-refractivity contribution in [2.75, 3.05) is 20.8 Å². The van der Waals surface area contributed by atoms with Gasteiger partial charge in [0.15, 0.2) is 0 Å². The largest absolute Gasteiger partial charge is 0.497 e. The van der Waals surface area contributed by atoms with Crippen LogP contribution in [0.25, 0.3) is 0 Å². The van der Waals surface area contributed by atoms with Crippen molar-refractivity contribution in [2.24, 2.45) is 5.92 Å². The molecule has 2 bridgehead atoms. The molecule has 138 valence electrons. The number of ether oxygens (including phenoxy) is 2. The first-order chi connectivity index (χ1) is 12.1. The molecule has 3 N–H and O–H groups in total. The molecule has 0 saturated carbocycles. The summed E-state index contributed by atoms with van der Waals surface area (Å²) in [5.74, 6) is 1.68. The van der Waals surface area contributed by atoms with Gasteiger partial charge in [-0.3, -0.25) is 4.79 Å². The predicted octanol–water partition coefficient (Wildman–Crippen LogP) is 1.77. The van der Waals surface area contributed by atoms with Crippen LogP contribution >= 0.6 is 0 Å². The van der Waals surface area contributed by atoms with Gasteiger partial charge in [0, 0.05) is 30.6 Å². The Morgan fingerprint density at radius 1 is 1.28 bits per heavy atom. The zero-order chi connectivity index (χ0) is 17.8. The minimum absolute atomic E-state index is 0.00668. The van der Waals surface area contributed by atoms with E-state index < -0.39 is 6.10 Å². The molecule has 2 fully saturated rings. The molecular weight excluding hydrogens is 320 g/mol. The first-order valence-corrected chi connectivity index (χ1v) is 9.01. The Morgan fingerprint density at radius 3 is 2.64 bits per heavy atom. The summed E-state index contributed by atoms with van der Waals surface area (Å²) < 4.78 is 10.5. The molecule has 1 aromatic rings. The summed E-state index contributed by atoms with van der Waals surface area (Å²) >= 11 is 0. The van der Waals surface area contributed by atoms with E-state index in [1.54, 1.807) is 32.4 Å². The predicted molar refractivity (Wildman–Crippen MR) is 94.8 cm³/mol. The molecule has 1 amide bonds. The van der Waals surface area contributed by atoms with Gasteiger partial charge in [0.1, 0.15) is 11.5 Å². The van der Waals surface area contributed by atoms with Gasteiger partial charge in [-0.05, 0) is 49.8 Å². The van der Waals surface area contributed by atoms with E-state index in [-0.39, 0.29) is 12.5 Å².